The maximum Gasteiger partial charge on any atom is 0.175 e. The third kappa shape index (κ3) is 6.98. The topological polar surface area (TPSA) is 123 Å². The first-order chi connectivity index (χ1) is 24.8. The van der Waals surface area contributed by atoms with Crippen molar-refractivity contribution in [1.29, 1.82) is 0 Å². The lowest BCUT2D eigenvalue weighted by atomic mass is 9.72. The Morgan fingerprint density at radius 3 is 2.73 bits per heavy atom. The zero-order valence-corrected chi connectivity index (χ0v) is 29.3. The van der Waals surface area contributed by atoms with Crippen LogP contribution in [0.5, 0.6) is 5.75 Å². The molecule has 3 N–H and O–H groups in total. The Labute approximate surface area is 297 Å². The highest BCUT2D eigenvalue weighted by molar-refractivity contribution is 6.29. The van der Waals surface area contributed by atoms with Gasteiger partial charge in [-0.1, -0.05) is 18.4 Å². The number of benzene rings is 2. The predicted molar refractivity (Wildman–Crippen MR) is 195 cm³/mol. The van der Waals surface area contributed by atoms with Gasteiger partial charge in [0.15, 0.2) is 5.83 Å². The molecule has 10 nitrogen and oxygen atoms in total. The number of β-amino-alcohol motifs (C(OH)–C–C–N with tert-alkyl or cyclic N) is 1. The number of ether oxygens (including phenoxy) is 2. The zero-order valence-electron chi connectivity index (χ0n) is 29.3. The van der Waals surface area contributed by atoms with Gasteiger partial charge in [0.25, 0.3) is 0 Å². The Bertz CT molecular complexity index is 1810. The van der Waals surface area contributed by atoms with E-state index in [-0.39, 0.29) is 52.2 Å². The summed E-state index contributed by atoms with van der Waals surface area (Å²) in [4.78, 5) is 18.5. The summed E-state index contributed by atoms with van der Waals surface area (Å²) in [6, 6.07) is 6.37. The number of piperidine rings is 1. The van der Waals surface area contributed by atoms with Crippen LogP contribution in [0.1, 0.15) is 56.1 Å². The van der Waals surface area contributed by atoms with E-state index < -0.39 is 17.7 Å². The molecule has 5 aliphatic rings. The number of terminal acetylenes is 1. The molecule has 51 heavy (non-hydrogen) atoms. The lowest BCUT2D eigenvalue weighted by Crippen LogP contribution is -2.59. The number of methoxy groups -OCH3 is 1. The third-order valence-corrected chi connectivity index (χ3v) is 11.2. The summed E-state index contributed by atoms with van der Waals surface area (Å²) in [5, 5.41) is 28.9. The molecule has 7 rings (SSSR count). The molecule has 2 aromatic carbocycles. The Morgan fingerprint density at radius 1 is 1.20 bits per heavy atom. The number of rotatable bonds is 7. The van der Waals surface area contributed by atoms with E-state index in [1.807, 2.05) is 4.90 Å². The van der Waals surface area contributed by atoms with E-state index >= 15 is 4.39 Å². The summed E-state index contributed by atoms with van der Waals surface area (Å²) < 4.78 is 43.4. The monoisotopic (exact) mass is 703 g/mol. The highest BCUT2D eigenvalue weighted by Gasteiger charge is 2.51. The molecule has 3 atom stereocenters. The van der Waals surface area contributed by atoms with Gasteiger partial charge in [-0.25, -0.2) is 13.8 Å². The number of aliphatic imine (C=N–C) groups is 3. The van der Waals surface area contributed by atoms with Gasteiger partial charge in [0, 0.05) is 68.5 Å². The molecule has 2 saturated heterocycles. The molecule has 0 radical (unpaired) electrons. The molecule has 4 fully saturated rings. The summed E-state index contributed by atoms with van der Waals surface area (Å²) in [6.45, 7) is 6.40. The average molecular weight is 704 g/mol. The van der Waals surface area contributed by atoms with Crippen LogP contribution in [0.2, 0.25) is 0 Å². The minimum atomic E-state index is -0.775. The Kier molecular flexibility index (Phi) is 11.3. The van der Waals surface area contributed by atoms with Gasteiger partial charge in [-0.3, -0.25) is 14.9 Å². The summed E-state index contributed by atoms with van der Waals surface area (Å²) in [7, 11) is 2.77. The molecule has 0 amide bonds. The minimum Gasteiger partial charge on any atom is -0.508 e. The van der Waals surface area contributed by atoms with Crippen LogP contribution in [0.15, 0.2) is 56.5 Å². The van der Waals surface area contributed by atoms with Crippen LogP contribution in [0.3, 0.4) is 0 Å². The molecule has 3 aliphatic heterocycles. The van der Waals surface area contributed by atoms with Crippen molar-refractivity contribution >= 4 is 35.1 Å². The van der Waals surface area contributed by atoms with Crippen molar-refractivity contribution in [2.75, 3.05) is 53.6 Å². The number of aliphatic hydroxyl groups is 2. The van der Waals surface area contributed by atoms with Gasteiger partial charge < -0.3 is 29.7 Å². The average Bonchev–Trinajstić information content (AvgIpc) is 3.43. The fourth-order valence-electron chi connectivity index (χ4n) is 8.71. The SMILES string of the molecule is C#Cc1c(F)ccc2cc(O)cc(C3=C(F)C(=NCC45CCCC4N(C4CC(OC)C4)CCC5)/C(=C(\N=C)N4CCOCC(O)C4)C=N3)c12.CO. The quantitative estimate of drug-likeness (QED) is 0.278. The molecular formula is C39H47F2N5O5. The van der Waals surface area contributed by atoms with E-state index in [1.165, 1.54) is 30.5 Å². The van der Waals surface area contributed by atoms with Crippen molar-refractivity contribution in [2.45, 2.75) is 69.2 Å². The number of aliphatic hydroxyl groups excluding tert-OH is 2. The molecule has 0 aromatic heterocycles. The minimum absolute atomic E-state index is 0.0449. The third-order valence-electron chi connectivity index (χ3n) is 11.2. The van der Waals surface area contributed by atoms with Crippen molar-refractivity contribution in [1.82, 2.24) is 9.80 Å². The molecule has 12 heteroatoms. The van der Waals surface area contributed by atoms with Crippen LogP contribution < -0.4 is 0 Å². The molecule has 272 valence electrons. The maximum atomic E-state index is 17.3. The normalized spacial score (nSPS) is 29.9. The number of hydrogen-bond acceptors (Lipinski definition) is 10. The van der Waals surface area contributed by atoms with E-state index in [0.717, 1.165) is 58.6 Å². The fourth-order valence-corrected chi connectivity index (χ4v) is 8.71. The summed E-state index contributed by atoms with van der Waals surface area (Å²) in [5.74, 6) is 1.24. The second-order valence-electron chi connectivity index (χ2n) is 13.9. The van der Waals surface area contributed by atoms with Crippen LogP contribution in [0, 0.1) is 23.6 Å². The number of phenolic OH excluding ortho intramolecular Hbond substituents is 1. The maximum absolute atomic E-state index is 17.3. The first-order valence-corrected chi connectivity index (χ1v) is 17.6. The van der Waals surface area contributed by atoms with Crippen molar-refractivity contribution in [3.63, 3.8) is 0 Å². The van der Waals surface area contributed by atoms with Crippen LogP contribution in [0.25, 0.3) is 16.5 Å². The number of fused-ring (bicyclic) bond motifs is 2. The second-order valence-corrected chi connectivity index (χ2v) is 13.9. The first kappa shape index (κ1) is 36.8. The van der Waals surface area contributed by atoms with Crippen LogP contribution in [-0.4, -0.2) is 122 Å². The Morgan fingerprint density at radius 2 is 1.98 bits per heavy atom. The summed E-state index contributed by atoms with van der Waals surface area (Å²) >= 11 is 0. The van der Waals surface area contributed by atoms with E-state index in [9.17, 15) is 14.6 Å². The standard InChI is InChI=1S/C38H43F2N5O4.CH4O/c1-4-28-31(39)9-8-23-15-25(46)18-29(33(23)28)35-34(40)36(30(19-42-35)37(41-2)44-13-14-49-21-26(47)20-44)43-22-38-10-5-7-32(38)45(12-6-11-38)24-16-27(17-24)48-3;1-2/h1,8-9,15,18-19,24,26-27,32,46-47H,2,5-7,10-14,16-17,20-22H2,3H3;2H,1H3/b37-30+,43-36?;. The number of aromatic hydroxyl groups is 1. The number of hydrogen-bond donors (Lipinski definition) is 3. The zero-order chi connectivity index (χ0) is 36.3. The number of likely N-dealkylation sites (tertiary alicyclic amines) is 1. The predicted octanol–water partition coefficient (Wildman–Crippen LogP) is 4.86. The lowest BCUT2D eigenvalue weighted by Gasteiger charge is -2.53. The van der Waals surface area contributed by atoms with Crippen molar-refractivity contribution in [3.05, 3.63) is 58.4 Å². The van der Waals surface area contributed by atoms with Gasteiger partial charge in [0.2, 0.25) is 0 Å². The number of phenols is 1. The molecule has 0 bridgehead atoms. The lowest BCUT2D eigenvalue weighted by molar-refractivity contribution is -0.0737. The highest BCUT2D eigenvalue weighted by Crippen LogP contribution is 2.50. The Balaban J connectivity index is 0.00000220. The first-order valence-electron chi connectivity index (χ1n) is 17.6. The number of allylic oxidation sites excluding steroid dienone is 2. The smallest absolute Gasteiger partial charge is 0.175 e. The van der Waals surface area contributed by atoms with Crippen molar-refractivity contribution < 1.29 is 33.6 Å². The molecular weight excluding hydrogens is 656 g/mol. The van der Waals surface area contributed by atoms with Gasteiger partial charge in [0.1, 0.15) is 28.8 Å². The molecule has 3 unspecified atom stereocenters. The van der Waals surface area contributed by atoms with E-state index in [2.05, 4.69) is 27.5 Å². The molecule has 3 heterocycles. The van der Waals surface area contributed by atoms with Gasteiger partial charge >= 0.3 is 0 Å². The van der Waals surface area contributed by atoms with Crippen LogP contribution >= 0.6 is 0 Å². The van der Waals surface area contributed by atoms with Gasteiger partial charge in [-0.2, -0.15) is 0 Å². The van der Waals surface area contributed by atoms with Gasteiger partial charge in [-0.05, 0) is 75.4 Å². The Hall–Kier alpha value is -3.99. The second kappa shape index (κ2) is 15.7. The highest BCUT2D eigenvalue weighted by atomic mass is 19.1. The van der Waals surface area contributed by atoms with E-state index in [0.29, 0.717) is 54.7 Å². The van der Waals surface area contributed by atoms with Gasteiger partial charge in [-0.15, -0.1) is 6.42 Å². The largest absolute Gasteiger partial charge is 0.508 e. The molecule has 2 aromatic rings. The fraction of sp³-hybridized carbons (Fsp3) is 0.513. The van der Waals surface area contributed by atoms with Crippen molar-refractivity contribution in [2.24, 2.45) is 20.4 Å². The van der Waals surface area contributed by atoms with E-state index in [1.54, 1.807) is 7.11 Å². The summed E-state index contributed by atoms with van der Waals surface area (Å²) in [6.07, 6.45) is 14.0. The number of halogens is 2. The molecule has 0 spiro atoms. The summed E-state index contributed by atoms with van der Waals surface area (Å²) in [5.41, 5.74) is 0.278. The molecule has 2 aliphatic carbocycles. The van der Waals surface area contributed by atoms with Crippen LogP contribution in [-0.2, 0) is 9.47 Å². The van der Waals surface area contributed by atoms with Gasteiger partial charge in [0.05, 0.1) is 36.6 Å². The van der Waals surface area contributed by atoms with Crippen molar-refractivity contribution in [3.8, 4) is 18.1 Å². The van der Waals surface area contributed by atoms with Crippen LogP contribution in [0.4, 0.5) is 8.78 Å². The number of nitrogens with zero attached hydrogens (tertiary/aromatic N) is 5. The molecule has 2 saturated carbocycles. The van der Waals surface area contributed by atoms with E-state index in [4.69, 9.17) is 26.0 Å².